The number of nitrogens with two attached hydrogens (primary N) is 1. The second kappa shape index (κ2) is 7.05. The summed E-state index contributed by atoms with van der Waals surface area (Å²) in [6, 6.07) is 9.26. The van der Waals surface area contributed by atoms with Gasteiger partial charge in [0.05, 0.1) is 18.2 Å². The van der Waals surface area contributed by atoms with E-state index in [1.54, 1.807) is 17.0 Å². The molecular formula is C20H22N4O3. The van der Waals surface area contributed by atoms with Crippen LogP contribution < -0.4 is 5.73 Å². The highest BCUT2D eigenvalue weighted by molar-refractivity contribution is 6.04. The van der Waals surface area contributed by atoms with E-state index in [0.29, 0.717) is 24.2 Å². The molecule has 4 rings (SSSR count). The number of amides is 2. The van der Waals surface area contributed by atoms with Gasteiger partial charge in [-0.25, -0.2) is 0 Å². The Kier molecular flexibility index (Phi) is 4.58. The smallest absolute Gasteiger partial charge is 0.252 e. The average Bonchev–Trinajstić information content (AvgIpc) is 3.38. The number of nitriles is 1. The molecule has 27 heavy (non-hydrogen) atoms. The van der Waals surface area contributed by atoms with Crippen molar-refractivity contribution in [3.8, 4) is 6.07 Å². The Hall–Kier alpha value is -2.85. The SMILES string of the molecule is N#C[C@@H]1CCCN1C(=O)CN1CC[C@H](c2cc3cccc(C(N)=O)c3o2)C1. The number of furan rings is 1. The topological polar surface area (TPSA) is 104 Å². The number of carbonyl (C=O) groups excluding carboxylic acids is 2. The number of likely N-dealkylation sites (tertiary alicyclic amines) is 2. The molecule has 0 bridgehead atoms. The number of carbonyl (C=O) groups is 2. The lowest BCUT2D eigenvalue weighted by Gasteiger charge is -2.23. The van der Waals surface area contributed by atoms with Crippen molar-refractivity contribution in [3.05, 3.63) is 35.6 Å². The van der Waals surface area contributed by atoms with Crippen LogP contribution in [0.2, 0.25) is 0 Å². The Morgan fingerprint density at radius 1 is 1.30 bits per heavy atom. The van der Waals surface area contributed by atoms with Gasteiger partial charge in [0, 0.05) is 24.4 Å². The summed E-state index contributed by atoms with van der Waals surface area (Å²) < 4.78 is 5.97. The van der Waals surface area contributed by atoms with Gasteiger partial charge in [-0.2, -0.15) is 5.26 Å². The third kappa shape index (κ3) is 3.28. The lowest BCUT2D eigenvalue weighted by Crippen LogP contribution is -2.41. The molecule has 2 amide bonds. The zero-order chi connectivity index (χ0) is 19.0. The van der Waals surface area contributed by atoms with Crippen LogP contribution in [0.25, 0.3) is 11.0 Å². The molecule has 2 aliphatic rings. The minimum Gasteiger partial charge on any atom is -0.460 e. The van der Waals surface area contributed by atoms with E-state index < -0.39 is 5.91 Å². The number of primary amides is 1. The van der Waals surface area contributed by atoms with Gasteiger partial charge < -0.3 is 15.1 Å². The monoisotopic (exact) mass is 366 g/mol. The Morgan fingerprint density at radius 2 is 2.15 bits per heavy atom. The van der Waals surface area contributed by atoms with Crippen molar-refractivity contribution in [3.63, 3.8) is 0 Å². The maximum absolute atomic E-state index is 12.5. The summed E-state index contributed by atoms with van der Waals surface area (Å²) in [6.07, 6.45) is 2.56. The van der Waals surface area contributed by atoms with Gasteiger partial charge >= 0.3 is 0 Å². The maximum atomic E-state index is 12.5. The molecule has 0 aliphatic carbocycles. The molecule has 0 radical (unpaired) electrons. The van der Waals surface area contributed by atoms with Crippen LogP contribution in [0.4, 0.5) is 0 Å². The van der Waals surface area contributed by atoms with Crippen molar-refractivity contribution in [1.82, 2.24) is 9.80 Å². The Morgan fingerprint density at radius 3 is 2.93 bits per heavy atom. The molecule has 7 heteroatoms. The molecule has 1 aromatic heterocycles. The van der Waals surface area contributed by atoms with Gasteiger partial charge in [0.25, 0.3) is 5.91 Å². The van der Waals surface area contributed by atoms with Crippen molar-refractivity contribution < 1.29 is 14.0 Å². The first-order chi connectivity index (χ1) is 13.1. The standard InChI is InChI=1S/C20H22N4O3/c21-10-15-4-2-7-24(15)18(25)12-23-8-6-14(11-23)17-9-13-3-1-5-16(20(22)26)19(13)27-17/h1,3,5,9,14-15H,2,4,6-8,11-12H2,(H2,22,26)/t14-,15-/m0/s1. The number of fused-ring (bicyclic) bond motifs is 1. The van der Waals surface area contributed by atoms with E-state index in [9.17, 15) is 9.59 Å². The van der Waals surface area contributed by atoms with Gasteiger partial charge in [-0.1, -0.05) is 12.1 Å². The Bertz CT molecular complexity index is 929. The number of rotatable bonds is 4. The molecule has 2 fully saturated rings. The lowest BCUT2D eigenvalue weighted by molar-refractivity contribution is -0.132. The molecule has 2 saturated heterocycles. The van der Waals surface area contributed by atoms with Crippen LogP contribution >= 0.6 is 0 Å². The van der Waals surface area contributed by atoms with Crippen LogP contribution in [0.1, 0.15) is 41.3 Å². The number of nitrogens with zero attached hydrogens (tertiary/aromatic N) is 3. The molecule has 3 heterocycles. The first kappa shape index (κ1) is 17.6. The van der Waals surface area contributed by atoms with Gasteiger partial charge in [-0.05, 0) is 37.9 Å². The fourth-order valence-corrected chi connectivity index (χ4v) is 4.17. The predicted octanol–water partition coefficient (Wildman–Crippen LogP) is 1.84. The molecule has 2 N–H and O–H groups in total. The van der Waals surface area contributed by atoms with E-state index >= 15 is 0 Å². The van der Waals surface area contributed by atoms with E-state index in [2.05, 4.69) is 11.0 Å². The molecule has 2 atom stereocenters. The van der Waals surface area contributed by atoms with Crippen LogP contribution in [0, 0.1) is 11.3 Å². The quantitative estimate of drug-likeness (QED) is 0.889. The number of para-hydroxylation sites is 1. The van der Waals surface area contributed by atoms with Crippen molar-refractivity contribution in [2.75, 3.05) is 26.2 Å². The third-order valence-electron chi connectivity index (χ3n) is 5.58. The second-order valence-electron chi connectivity index (χ2n) is 7.33. The predicted molar refractivity (Wildman–Crippen MR) is 98.9 cm³/mol. The van der Waals surface area contributed by atoms with E-state index in [4.69, 9.17) is 15.4 Å². The summed E-state index contributed by atoms with van der Waals surface area (Å²) in [5, 5.41) is 10.0. The molecule has 2 aromatic rings. The molecule has 0 spiro atoms. The largest absolute Gasteiger partial charge is 0.460 e. The third-order valence-corrected chi connectivity index (χ3v) is 5.58. The van der Waals surface area contributed by atoms with E-state index in [0.717, 1.165) is 43.5 Å². The second-order valence-corrected chi connectivity index (χ2v) is 7.33. The van der Waals surface area contributed by atoms with E-state index in [1.165, 1.54) is 0 Å². The van der Waals surface area contributed by atoms with Gasteiger partial charge in [0.1, 0.15) is 17.4 Å². The van der Waals surface area contributed by atoms with Crippen LogP contribution in [0.5, 0.6) is 0 Å². The average molecular weight is 366 g/mol. The minimum absolute atomic E-state index is 0.0281. The van der Waals surface area contributed by atoms with Crippen molar-refractivity contribution >= 4 is 22.8 Å². The molecule has 0 saturated carbocycles. The van der Waals surface area contributed by atoms with E-state index in [-0.39, 0.29) is 17.9 Å². The van der Waals surface area contributed by atoms with E-state index in [1.807, 2.05) is 12.1 Å². The molecule has 0 unspecified atom stereocenters. The van der Waals surface area contributed by atoms with Crippen molar-refractivity contribution in [1.29, 1.82) is 5.26 Å². The van der Waals surface area contributed by atoms with Gasteiger partial charge in [0.15, 0.2) is 0 Å². The van der Waals surface area contributed by atoms with Gasteiger partial charge in [-0.3, -0.25) is 14.5 Å². The molecule has 7 nitrogen and oxygen atoms in total. The van der Waals surface area contributed by atoms with Crippen molar-refractivity contribution in [2.24, 2.45) is 5.73 Å². The van der Waals surface area contributed by atoms with Gasteiger partial charge in [-0.15, -0.1) is 0 Å². The maximum Gasteiger partial charge on any atom is 0.252 e. The zero-order valence-corrected chi connectivity index (χ0v) is 15.1. The van der Waals surface area contributed by atoms with Gasteiger partial charge in [0.2, 0.25) is 5.91 Å². The fourth-order valence-electron chi connectivity index (χ4n) is 4.17. The zero-order valence-electron chi connectivity index (χ0n) is 15.1. The highest BCUT2D eigenvalue weighted by Gasteiger charge is 2.32. The highest BCUT2D eigenvalue weighted by atomic mass is 16.3. The van der Waals surface area contributed by atoms with Crippen molar-refractivity contribution in [2.45, 2.75) is 31.2 Å². The Labute approximate surface area is 157 Å². The van der Waals surface area contributed by atoms with Crippen LogP contribution in [0.15, 0.2) is 28.7 Å². The first-order valence-electron chi connectivity index (χ1n) is 9.30. The van der Waals surface area contributed by atoms with Crippen LogP contribution in [0.3, 0.4) is 0 Å². The lowest BCUT2D eigenvalue weighted by atomic mass is 10.1. The Balaban J connectivity index is 1.45. The minimum atomic E-state index is -0.502. The van der Waals surface area contributed by atoms with Crippen LogP contribution in [-0.4, -0.2) is 53.8 Å². The summed E-state index contributed by atoms with van der Waals surface area (Å²) in [7, 11) is 0. The fraction of sp³-hybridized carbons (Fsp3) is 0.450. The normalized spacial score (nSPS) is 23.0. The summed E-state index contributed by atoms with van der Waals surface area (Å²) >= 11 is 0. The summed E-state index contributed by atoms with van der Waals surface area (Å²) in [6.45, 7) is 2.54. The number of hydrogen-bond acceptors (Lipinski definition) is 5. The van der Waals surface area contributed by atoms with Crippen LogP contribution in [-0.2, 0) is 4.79 Å². The first-order valence-corrected chi connectivity index (χ1v) is 9.30. The highest BCUT2D eigenvalue weighted by Crippen LogP contribution is 2.33. The molecule has 140 valence electrons. The molecular weight excluding hydrogens is 344 g/mol. The summed E-state index contributed by atoms with van der Waals surface area (Å²) in [5.41, 5.74) is 6.35. The number of hydrogen-bond donors (Lipinski definition) is 1. The summed E-state index contributed by atoms with van der Waals surface area (Å²) in [5.74, 6) is 0.527. The molecule has 1 aromatic carbocycles. The molecule has 2 aliphatic heterocycles. The number of benzene rings is 1. The summed E-state index contributed by atoms with van der Waals surface area (Å²) in [4.78, 5) is 27.9.